The van der Waals surface area contributed by atoms with Crippen LogP contribution in [0.25, 0.3) is 0 Å². The fraction of sp³-hybridized carbons (Fsp3) is 0.200. The average Bonchev–Trinajstić information content (AvgIpc) is 2.81. The number of hydrogen-bond acceptors (Lipinski definition) is 6. The van der Waals surface area contributed by atoms with Gasteiger partial charge in [0.2, 0.25) is 5.13 Å². The van der Waals surface area contributed by atoms with Crippen molar-refractivity contribution >= 4 is 42.4 Å². The Bertz CT molecular complexity index is 658. The van der Waals surface area contributed by atoms with Crippen LogP contribution in [0.15, 0.2) is 33.1 Å². The van der Waals surface area contributed by atoms with Crippen molar-refractivity contribution in [2.24, 2.45) is 0 Å². The number of nitrogens with one attached hydrogen (secondary N) is 2. The molecule has 2 rings (SSSR count). The largest absolute Gasteiger partial charge is 0.316 e. The van der Waals surface area contributed by atoms with Crippen molar-refractivity contribution in [3.63, 3.8) is 0 Å². The summed E-state index contributed by atoms with van der Waals surface area (Å²) in [6.07, 6.45) is 0. The summed E-state index contributed by atoms with van der Waals surface area (Å²) in [6.45, 7) is 0.669. The van der Waals surface area contributed by atoms with Crippen molar-refractivity contribution in [2.45, 2.75) is 11.4 Å². The second kappa shape index (κ2) is 5.95. The first-order valence-corrected chi connectivity index (χ1v) is 8.40. The SMILES string of the molecule is CNCc1ccc(S(=O)(=O)Nc2nncs2)c(Br)c1. The Kier molecular flexibility index (Phi) is 4.50. The first-order valence-electron chi connectivity index (χ1n) is 5.25. The van der Waals surface area contributed by atoms with Crippen LogP contribution in [0.3, 0.4) is 0 Å². The minimum Gasteiger partial charge on any atom is -0.316 e. The number of hydrogen-bond donors (Lipinski definition) is 2. The third kappa shape index (κ3) is 3.50. The van der Waals surface area contributed by atoms with E-state index in [1.807, 2.05) is 7.05 Å². The van der Waals surface area contributed by atoms with Gasteiger partial charge in [0.25, 0.3) is 10.0 Å². The van der Waals surface area contributed by atoms with Crippen molar-refractivity contribution in [3.05, 3.63) is 33.7 Å². The highest BCUT2D eigenvalue weighted by molar-refractivity contribution is 9.10. The zero-order valence-corrected chi connectivity index (χ0v) is 13.1. The molecule has 6 nitrogen and oxygen atoms in total. The summed E-state index contributed by atoms with van der Waals surface area (Å²) in [5, 5.41) is 10.5. The smallest absolute Gasteiger partial charge is 0.264 e. The van der Waals surface area contributed by atoms with Crippen LogP contribution in [-0.4, -0.2) is 25.7 Å². The number of sulfonamides is 1. The number of halogens is 1. The van der Waals surface area contributed by atoms with E-state index in [1.54, 1.807) is 18.2 Å². The van der Waals surface area contributed by atoms with Crippen LogP contribution in [0.2, 0.25) is 0 Å². The Balaban J connectivity index is 2.30. The van der Waals surface area contributed by atoms with Gasteiger partial charge in [-0.25, -0.2) is 8.42 Å². The summed E-state index contributed by atoms with van der Waals surface area (Å²) in [5.41, 5.74) is 2.45. The highest BCUT2D eigenvalue weighted by Crippen LogP contribution is 2.25. The average molecular weight is 363 g/mol. The second-order valence-electron chi connectivity index (χ2n) is 3.64. The third-order valence-electron chi connectivity index (χ3n) is 2.25. The number of benzene rings is 1. The standard InChI is InChI=1S/C10H11BrN4O2S2/c1-12-5-7-2-3-9(8(11)4-7)19(16,17)15-10-14-13-6-18-10/h2-4,6,12H,5H2,1H3,(H,14,15). The van der Waals surface area contributed by atoms with Crippen LogP contribution in [0.5, 0.6) is 0 Å². The molecule has 1 heterocycles. The van der Waals surface area contributed by atoms with E-state index < -0.39 is 10.0 Å². The van der Waals surface area contributed by atoms with Crippen molar-refractivity contribution in [2.75, 3.05) is 11.8 Å². The molecule has 1 aromatic heterocycles. The van der Waals surface area contributed by atoms with Crippen LogP contribution in [0.1, 0.15) is 5.56 Å². The Morgan fingerprint density at radius 2 is 2.21 bits per heavy atom. The first kappa shape index (κ1) is 14.4. The van der Waals surface area contributed by atoms with Gasteiger partial charge < -0.3 is 5.32 Å². The molecule has 9 heteroatoms. The lowest BCUT2D eigenvalue weighted by molar-refractivity contribution is 0.600. The molecule has 102 valence electrons. The summed E-state index contributed by atoms with van der Waals surface area (Å²) < 4.78 is 27.2. The Hall–Kier alpha value is -1.03. The molecule has 0 aliphatic carbocycles. The molecule has 0 saturated carbocycles. The summed E-state index contributed by atoms with van der Waals surface area (Å²) in [4.78, 5) is 0.169. The molecule has 0 unspecified atom stereocenters. The van der Waals surface area contributed by atoms with E-state index in [0.29, 0.717) is 11.0 Å². The van der Waals surface area contributed by atoms with Crippen LogP contribution in [0, 0.1) is 0 Å². The molecule has 0 atom stereocenters. The highest BCUT2D eigenvalue weighted by atomic mass is 79.9. The van der Waals surface area contributed by atoms with E-state index in [0.717, 1.165) is 16.9 Å². The molecule has 0 bridgehead atoms. The van der Waals surface area contributed by atoms with Gasteiger partial charge in [-0.05, 0) is 40.7 Å². The lowest BCUT2D eigenvalue weighted by atomic mass is 10.2. The third-order valence-corrected chi connectivity index (χ3v) is 5.30. The highest BCUT2D eigenvalue weighted by Gasteiger charge is 2.19. The Labute approximate surface area is 123 Å². The van der Waals surface area contributed by atoms with Crippen molar-refractivity contribution in [3.8, 4) is 0 Å². The van der Waals surface area contributed by atoms with Crippen molar-refractivity contribution in [1.29, 1.82) is 0 Å². The van der Waals surface area contributed by atoms with E-state index in [1.165, 1.54) is 5.51 Å². The van der Waals surface area contributed by atoms with Gasteiger partial charge in [0.1, 0.15) is 10.4 Å². The Morgan fingerprint density at radius 1 is 1.42 bits per heavy atom. The summed E-state index contributed by atoms with van der Waals surface area (Å²) in [5.74, 6) is 0. The first-order chi connectivity index (χ1) is 9.03. The number of nitrogens with zero attached hydrogens (tertiary/aromatic N) is 2. The minimum absolute atomic E-state index is 0.169. The zero-order chi connectivity index (χ0) is 13.9. The van der Waals surface area contributed by atoms with Crippen molar-refractivity contribution < 1.29 is 8.42 Å². The molecule has 0 aliphatic heterocycles. The molecule has 1 aromatic carbocycles. The number of aromatic nitrogens is 2. The fourth-order valence-electron chi connectivity index (χ4n) is 1.46. The van der Waals surface area contributed by atoms with Gasteiger partial charge in [-0.15, -0.1) is 10.2 Å². The maximum Gasteiger partial charge on any atom is 0.264 e. The molecular weight excluding hydrogens is 352 g/mol. The quantitative estimate of drug-likeness (QED) is 0.847. The summed E-state index contributed by atoms with van der Waals surface area (Å²) in [6, 6.07) is 5.08. The van der Waals surface area contributed by atoms with Crippen LogP contribution >= 0.6 is 27.3 Å². The molecule has 0 aliphatic rings. The monoisotopic (exact) mass is 362 g/mol. The van der Waals surface area contributed by atoms with Gasteiger partial charge >= 0.3 is 0 Å². The second-order valence-corrected chi connectivity index (χ2v) is 6.98. The fourth-order valence-corrected chi connectivity index (χ4v) is 4.28. The predicted molar refractivity (Wildman–Crippen MR) is 77.6 cm³/mol. The molecule has 0 saturated heterocycles. The van der Waals surface area contributed by atoms with E-state index in [9.17, 15) is 8.42 Å². The maximum absolute atomic E-state index is 12.2. The Morgan fingerprint density at radius 3 is 2.79 bits per heavy atom. The van der Waals surface area contributed by atoms with Gasteiger partial charge in [0.15, 0.2) is 0 Å². The van der Waals surface area contributed by atoms with Crippen molar-refractivity contribution in [1.82, 2.24) is 15.5 Å². The summed E-state index contributed by atoms with van der Waals surface area (Å²) in [7, 11) is -1.83. The predicted octanol–water partition coefficient (Wildman–Crippen LogP) is 1.82. The van der Waals surface area contributed by atoms with Gasteiger partial charge in [-0.2, -0.15) is 0 Å². The molecule has 0 radical (unpaired) electrons. The maximum atomic E-state index is 12.2. The lowest BCUT2D eigenvalue weighted by Gasteiger charge is -2.08. The van der Waals surface area contributed by atoms with Crippen LogP contribution in [-0.2, 0) is 16.6 Å². The topological polar surface area (TPSA) is 84.0 Å². The van der Waals surface area contributed by atoms with E-state index in [-0.39, 0.29) is 10.0 Å². The molecular formula is C10H11BrN4O2S2. The number of rotatable bonds is 5. The summed E-state index contributed by atoms with van der Waals surface area (Å²) >= 11 is 4.40. The lowest BCUT2D eigenvalue weighted by Crippen LogP contribution is -2.14. The van der Waals surface area contributed by atoms with E-state index >= 15 is 0 Å². The molecule has 0 spiro atoms. The molecule has 19 heavy (non-hydrogen) atoms. The zero-order valence-electron chi connectivity index (χ0n) is 9.92. The normalized spacial score (nSPS) is 11.5. The minimum atomic E-state index is -3.65. The van der Waals surface area contributed by atoms with Crippen LogP contribution < -0.4 is 10.0 Å². The van der Waals surface area contributed by atoms with E-state index in [4.69, 9.17) is 0 Å². The molecule has 2 N–H and O–H groups in total. The molecule has 0 fully saturated rings. The molecule has 0 amide bonds. The number of anilines is 1. The van der Waals surface area contributed by atoms with Gasteiger partial charge in [-0.3, -0.25) is 4.72 Å². The van der Waals surface area contributed by atoms with Crippen LogP contribution in [0.4, 0.5) is 5.13 Å². The van der Waals surface area contributed by atoms with Gasteiger partial charge in [-0.1, -0.05) is 17.4 Å². The van der Waals surface area contributed by atoms with Gasteiger partial charge in [0.05, 0.1) is 0 Å². The van der Waals surface area contributed by atoms with E-state index in [2.05, 4.69) is 36.2 Å². The van der Waals surface area contributed by atoms with Gasteiger partial charge in [0, 0.05) is 11.0 Å². The molecule has 2 aromatic rings.